The summed E-state index contributed by atoms with van der Waals surface area (Å²) in [5.74, 6) is 0.168. The number of aryl methyl sites for hydroxylation is 1. The molecule has 0 aliphatic carbocycles. The molecular formula is C19H21F3N4O. The van der Waals surface area contributed by atoms with Gasteiger partial charge in [-0.2, -0.15) is 13.2 Å². The maximum absolute atomic E-state index is 13.2. The maximum atomic E-state index is 13.2. The summed E-state index contributed by atoms with van der Waals surface area (Å²) in [4.78, 5) is 22.8. The van der Waals surface area contributed by atoms with Crippen molar-refractivity contribution in [3.63, 3.8) is 0 Å². The van der Waals surface area contributed by atoms with Crippen molar-refractivity contribution in [1.29, 1.82) is 0 Å². The maximum Gasteiger partial charge on any atom is 0.418 e. The minimum Gasteiger partial charge on any atom is -0.337 e. The summed E-state index contributed by atoms with van der Waals surface area (Å²) in [5, 5.41) is 2.61. The molecule has 1 fully saturated rings. The molecule has 5 nitrogen and oxygen atoms in total. The van der Waals surface area contributed by atoms with E-state index in [1.165, 1.54) is 18.2 Å². The van der Waals surface area contributed by atoms with Crippen molar-refractivity contribution >= 4 is 17.5 Å². The summed E-state index contributed by atoms with van der Waals surface area (Å²) in [6.45, 7) is 5.08. The number of likely N-dealkylation sites (tertiary alicyclic amines) is 1. The molecule has 8 heteroatoms. The SMILES string of the molecule is Cc1cc(C(=O)N2CCCC(C)C2)nc(Nc2ccccc2C(F)(F)F)n1. The lowest BCUT2D eigenvalue weighted by atomic mass is 10.00. The van der Waals surface area contributed by atoms with Crippen LogP contribution in [0.1, 0.15) is 41.5 Å². The van der Waals surface area contributed by atoms with Gasteiger partial charge >= 0.3 is 6.18 Å². The Kier molecular flexibility index (Phi) is 5.34. The number of nitrogens with zero attached hydrogens (tertiary/aromatic N) is 3. The van der Waals surface area contributed by atoms with Crippen LogP contribution < -0.4 is 5.32 Å². The number of aromatic nitrogens is 2. The zero-order chi connectivity index (χ0) is 19.6. The van der Waals surface area contributed by atoms with Crippen LogP contribution in [-0.2, 0) is 6.18 Å². The quantitative estimate of drug-likeness (QED) is 0.859. The Hall–Kier alpha value is -2.64. The highest BCUT2D eigenvalue weighted by Gasteiger charge is 2.33. The fraction of sp³-hybridized carbons (Fsp3) is 0.421. The molecule has 1 aliphatic heterocycles. The molecule has 0 radical (unpaired) electrons. The standard InChI is InChI=1S/C19H21F3N4O/c1-12-6-5-9-26(11-12)17(27)16-10-13(2)23-18(25-16)24-15-8-4-3-7-14(15)19(20,21)22/h3-4,7-8,10,12H,5-6,9,11H2,1-2H3,(H,23,24,25). The molecule has 1 N–H and O–H groups in total. The molecule has 0 bridgehead atoms. The van der Waals surface area contributed by atoms with E-state index in [9.17, 15) is 18.0 Å². The Balaban J connectivity index is 1.87. The monoisotopic (exact) mass is 378 g/mol. The number of nitrogens with one attached hydrogen (secondary N) is 1. The summed E-state index contributed by atoms with van der Waals surface area (Å²) in [6.07, 6.45) is -2.50. The predicted molar refractivity (Wildman–Crippen MR) is 95.8 cm³/mol. The second-order valence-electron chi connectivity index (χ2n) is 6.89. The van der Waals surface area contributed by atoms with Gasteiger partial charge in [0.2, 0.25) is 5.95 Å². The first-order chi connectivity index (χ1) is 12.7. The first-order valence-electron chi connectivity index (χ1n) is 8.82. The van der Waals surface area contributed by atoms with E-state index < -0.39 is 11.7 Å². The molecular weight excluding hydrogens is 357 g/mol. The van der Waals surface area contributed by atoms with Crippen molar-refractivity contribution in [2.45, 2.75) is 32.9 Å². The Bertz CT molecular complexity index is 838. The number of piperidine rings is 1. The van der Waals surface area contributed by atoms with Crippen molar-refractivity contribution in [3.05, 3.63) is 47.3 Å². The lowest BCUT2D eigenvalue weighted by Crippen LogP contribution is -2.39. The number of carbonyl (C=O) groups is 1. The molecule has 0 spiro atoms. The third-order valence-corrected chi connectivity index (χ3v) is 4.50. The number of halogens is 3. The lowest BCUT2D eigenvalue weighted by molar-refractivity contribution is -0.136. The highest BCUT2D eigenvalue weighted by molar-refractivity contribution is 5.92. The van der Waals surface area contributed by atoms with Gasteiger partial charge in [0, 0.05) is 18.8 Å². The summed E-state index contributed by atoms with van der Waals surface area (Å²) in [7, 11) is 0. The number of hydrogen-bond donors (Lipinski definition) is 1. The van der Waals surface area contributed by atoms with Crippen molar-refractivity contribution in [2.75, 3.05) is 18.4 Å². The van der Waals surface area contributed by atoms with Gasteiger partial charge in [0.15, 0.2) is 0 Å². The van der Waals surface area contributed by atoms with Gasteiger partial charge in [-0.3, -0.25) is 4.79 Å². The number of carbonyl (C=O) groups excluding carboxylic acids is 1. The molecule has 3 rings (SSSR count). The third kappa shape index (κ3) is 4.56. The van der Waals surface area contributed by atoms with E-state index in [4.69, 9.17) is 0 Å². The number of para-hydroxylation sites is 1. The van der Waals surface area contributed by atoms with E-state index in [0.29, 0.717) is 24.7 Å². The normalized spacial score (nSPS) is 17.7. The van der Waals surface area contributed by atoms with Gasteiger partial charge in [0.1, 0.15) is 5.69 Å². The van der Waals surface area contributed by atoms with Crippen LogP contribution in [-0.4, -0.2) is 33.9 Å². The highest BCUT2D eigenvalue weighted by atomic mass is 19.4. The van der Waals surface area contributed by atoms with Crippen LogP contribution in [0.4, 0.5) is 24.8 Å². The zero-order valence-corrected chi connectivity index (χ0v) is 15.2. The third-order valence-electron chi connectivity index (χ3n) is 4.50. The second-order valence-corrected chi connectivity index (χ2v) is 6.89. The highest BCUT2D eigenvalue weighted by Crippen LogP contribution is 2.35. The molecule has 1 amide bonds. The first-order valence-corrected chi connectivity index (χ1v) is 8.82. The molecule has 2 aromatic rings. The number of benzene rings is 1. The van der Waals surface area contributed by atoms with Crippen LogP contribution in [0.25, 0.3) is 0 Å². The smallest absolute Gasteiger partial charge is 0.337 e. The van der Waals surface area contributed by atoms with Crippen LogP contribution in [0.2, 0.25) is 0 Å². The van der Waals surface area contributed by atoms with Crippen molar-refractivity contribution in [3.8, 4) is 0 Å². The van der Waals surface area contributed by atoms with Gasteiger partial charge < -0.3 is 10.2 Å². The minimum absolute atomic E-state index is 0.0277. The van der Waals surface area contributed by atoms with E-state index in [2.05, 4.69) is 22.2 Å². The molecule has 1 aromatic carbocycles. The Morgan fingerprint density at radius 3 is 2.70 bits per heavy atom. The van der Waals surface area contributed by atoms with Crippen molar-refractivity contribution in [1.82, 2.24) is 14.9 Å². The molecule has 0 saturated carbocycles. The van der Waals surface area contributed by atoms with Crippen LogP contribution in [0.3, 0.4) is 0 Å². The number of hydrogen-bond acceptors (Lipinski definition) is 4. The van der Waals surface area contributed by atoms with Crippen LogP contribution >= 0.6 is 0 Å². The zero-order valence-electron chi connectivity index (χ0n) is 15.2. The Morgan fingerprint density at radius 2 is 2.00 bits per heavy atom. The fourth-order valence-corrected chi connectivity index (χ4v) is 3.23. The molecule has 27 heavy (non-hydrogen) atoms. The number of amides is 1. The number of alkyl halides is 3. The molecule has 2 heterocycles. The van der Waals surface area contributed by atoms with Gasteiger partial charge in [0.25, 0.3) is 5.91 Å². The molecule has 1 saturated heterocycles. The summed E-state index contributed by atoms with van der Waals surface area (Å²) in [6, 6.07) is 6.66. The molecule has 144 valence electrons. The minimum atomic E-state index is -4.50. The van der Waals surface area contributed by atoms with E-state index >= 15 is 0 Å². The lowest BCUT2D eigenvalue weighted by Gasteiger charge is -2.30. The fourth-order valence-electron chi connectivity index (χ4n) is 3.23. The second kappa shape index (κ2) is 7.54. The Labute approximate surface area is 155 Å². The summed E-state index contributed by atoms with van der Waals surface area (Å²) < 4.78 is 39.5. The van der Waals surface area contributed by atoms with Gasteiger partial charge in [0.05, 0.1) is 11.3 Å². The van der Waals surface area contributed by atoms with E-state index in [0.717, 1.165) is 18.9 Å². The number of anilines is 2. The van der Waals surface area contributed by atoms with Crippen molar-refractivity contribution < 1.29 is 18.0 Å². The molecule has 1 atom stereocenters. The average molecular weight is 378 g/mol. The van der Waals surface area contributed by atoms with Gasteiger partial charge in [-0.1, -0.05) is 19.1 Å². The average Bonchev–Trinajstić information content (AvgIpc) is 2.60. The van der Waals surface area contributed by atoms with Crippen molar-refractivity contribution in [2.24, 2.45) is 5.92 Å². The van der Waals surface area contributed by atoms with E-state index in [-0.39, 0.29) is 23.2 Å². The Morgan fingerprint density at radius 1 is 1.26 bits per heavy atom. The van der Waals surface area contributed by atoms with Gasteiger partial charge in [-0.25, -0.2) is 9.97 Å². The van der Waals surface area contributed by atoms with E-state index in [1.807, 2.05) is 0 Å². The van der Waals surface area contributed by atoms with Crippen LogP contribution in [0.15, 0.2) is 30.3 Å². The van der Waals surface area contributed by atoms with Gasteiger partial charge in [-0.05, 0) is 43.9 Å². The summed E-state index contributed by atoms with van der Waals surface area (Å²) in [5.41, 5.74) is -0.276. The molecule has 1 aliphatic rings. The molecule has 1 unspecified atom stereocenters. The largest absolute Gasteiger partial charge is 0.418 e. The summed E-state index contributed by atoms with van der Waals surface area (Å²) >= 11 is 0. The topological polar surface area (TPSA) is 58.1 Å². The number of rotatable bonds is 3. The molecule has 1 aromatic heterocycles. The van der Waals surface area contributed by atoms with Gasteiger partial charge in [-0.15, -0.1) is 0 Å². The first kappa shape index (κ1) is 19.1. The van der Waals surface area contributed by atoms with E-state index in [1.54, 1.807) is 17.9 Å². The predicted octanol–water partition coefficient (Wildman–Crippen LogP) is 4.42. The van der Waals surface area contributed by atoms with Crippen LogP contribution in [0.5, 0.6) is 0 Å². The van der Waals surface area contributed by atoms with Crippen LogP contribution in [0, 0.1) is 12.8 Å².